The smallest absolute Gasteiger partial charge is 0.0622 e. The summed E-state index contributed by atoms with van der Waals surface area (Å²) in [7, 11) is 0. The normalized spacial score (nSPS) is 23.4. The third-order valence-corrected chi connectivity index (χ3v) is 1.60. The fraction of sp³-hybridized carbons (Fsp3) is 0.857. The first-order valence-electron chi connectivity index (χ1n) is 3.61. The van der Waals surface area contributed by atoms with Crippen LogP contribution < -0.4 is 5.32 Å². The van der Waals surface area contributed by atoms with Crippen molar-refractivity contribution >= 4 is 12.4 Å². The van der Waals surface area contributed by atoms with E-state index in [2.05, 4.69) is 11.4 Å². The van der Waals surface area contributed by atoms with Gasteiger partial charge in [-0.3, -0.25) is 0 Å². The molecule has 0 aromatic heterocycles. The fourth-order valence-electron chi connectivity index (χ4n) is 1.04. The van der Waals surface area contributed by atoms with Crippen LogP contribution in [-0.4, -0.2) is 25.8 Å². The Morgan fingerprint density at radius 2 is 2.45 bits per heavy atom. The van der Waals surface area contributed by atoms with Crippen molar-refractivity contribution in [2.45, 2.75) is 18.9 Å². The first-order chi connectivity index (χ1) is 4.93. The lowest BCUT2D eigenvalue weighted by molar-refractivity contribution is 0.0747. The third kappa shape index (κ3) is 4.20. The monoisotopic (exact) mass is 176 g/mol. The van der Waals surface area contributed by atoms with Crippen LogP contribution in [0.1, 0.15) is 12.8 Å². The topological polar surface area (TPSA) is 45.0 Å². The summed E-state index contributed by atoms with van der Waals surface area (Å²) in [5.74, 6) is 0. The SMILES string of the molecule is Cl.N#CCCC1COCCN1. The van der Waals surface area contributed by atoms with E-state index >= 15 is 0 Å². The van der Waals surface area contributed by atoms with Crippen molar-refractivity contribution < 1.29 is 4.74 Å². The number of nitriles is 1. The van der Waals surface area contributed by atoms with Crippen LogP contribution >= 0.6 is 12.4 Å². The zero-order chi connectivity index (χ0) is 7.23. The standard InChI is InChI=1S/C7H12N2O.ClH/c8-3-1-2-7-6-10-5-4-9-7;/h7,9H,1-2,4-6H2;1H. The molecule has 0 bridgehead atoms. The lowest BCUT2D eigenvalue weighted by Crippen LogP contribution is -2.40. The highest BCUT2D eigenvalue weighted by atomic mass is 35.5. The molecule has 1 aliphatic rings. The summed E-state index contributed by atoms with van der Waals surface area (Å²) in [6.07, 6.45) is 1.54. The highest BCUT2D eigenvalue weighted by molar-refractivity contribution is 5.85. The molecule has 1 aliphatic heterocycles. The zero-order valence-electron chi connectivity index (χ0n) is 6.38. The van der Waals surface area contributed by atoms with Crippen LogP contribution in [0.25, 0.3) is 0 Å². The number of nitrogens with zero attached hydrogens (tertiary/aromatic N) is 1. The van der Waals surface area contributed by atoms with E-state index in [1.54, 1.807) is 0 Å². The quantitative estimate of drug-likeness (QED) is 0.674. The van der Waals surface area contributed by atoms with Gasteiger partial charge in [-0.15, -0.1) is 12.4 Å². The van der Waals surface area contributed by atoms with Gasteiger partial charge in [-0.2, -0.15) is 5.26 Å². The number of morpholine rings is 1. The predicted molar refractivity (Wildman–Crippen MR) is 44.7 cm³/mol. The maximum Gasteiger partial charge on any atom is 0.0622 e. The minimum absolute atomic E-state index is 0. The van der Waals surface area contributed by atoms with E-state index in [1.807, 2.05) is 0 Å². The molecule has 1 fully saturated rings. The summed E-state index contributed by atoms with van der Waals surface area (Å²) in [5, 5.41) is 11.6. The van der Waals surface area contributed by atoms with Crippen LogP contribution in [0.3, 0.4) is 0 Å². The Morgan fingerprint density at radius 3 is 3.00 bits per heavy atom. The van der Waals surface area contributed by atoms with Crippen LogP contribution in [0.5, 0.6) is 0 Å². The lowest BCUT2D eigenvalue weighted by Gasteiger charge is -2.22. The second-order valence-electron chi connectivity index (χ2n) is 2.42. The summed E-state index contributed by atoms with van der Waals surface area (Å²) in [4.78, 5) is 0. The molecule has 1 rings (SSSR count). The summed E-state index contributed by atoms with van der Waals surface area (Å²) in [5.41, 5.74) is 0. The van der Waals surface area contributed by atoms with Crippen molar-refractivity contribution in [3.05, 3.63) is 0 Å². The van der Waals surface area contributed by atoms with Crippen molar-refractivity contribution in [3.63, 3.8) is 0 Å². The molecule has 0 aromatic carbocycles. The Bertz CT molecular complexity index is 129. The molecule has 1 atom stereocenters. The fourth-order valence-corrected chi connectivity index (χ4v) is 1.04. The van der Waals surface area contributed by atoms with Crippen molar-refractivity contribution in [2.75, 3.05) is 19.8 Å². The summed E-state index contributed by atoms with van der Waals surface area (Å²) in [6, 6.07) is 2.53. The second-order valence-corrected chi connectivity index (χ2v) is 2.42. The minimum atomic E-state index is 0. The Balaban J connectivity index is 0.000001000. The van der Waals surface area contributed by atoms with Crippen LogP contribution in [0.4, 0.5) is 0 Å². The summed E-state index contributed by atoms with van der Waals surface area (Å²) in [6.45, 7) is 2.50. The third-order valence-electron chi connectivity index (χ3n) is 1.60. The molecule has 0 amide bonds. The van der Waals surface area contributed by atoms with E-state index in [0.29, 0.717) is 12.5 Å². The van der Waals surface area contributed by atoms with Crippen molar-refractivity contribution in [1.82, 2.24) is 5.32 Å². The van der Waals surface area contributed by atoms with Gasteiger partial charge >= 0.3 is 0 Å². The molecule has 0 saturated carbocycles. The van der Waals surface area contributed by atoms with Crippen molar-refractivity contribution in [1.29, 1.82) is 5.26 Å². The highest BCUT2D eigenvalue weighted by Gasteiger charge is 2.11. The van der Waals surface area contributed by atoms with Gasteiger partial charge in [0, 0.05) is 19.0 Å². The molecule has 1 saturated heterocycles. The largest absolute Gasteiger partial charge is 0.379 e. The van der Waals surface area contributed by atoms with Crippen molar-refractivity contribution in [2.24, 2.45) is 0 Å². The number of halogens is 1. The molecular weight excluding hydrogens is 164 g/mol. The Kier molecular flexibility index (Phi) is 6.24. The first-order valence-corrected chi connectivity index (χ1v) is 3.61. The Hall–Kier alpha value is -0.300. The minimum Gasteiger partial charge on any atom is -0.379 e. The van der Waals surface area contributed by atoms with Gasteiger partial charge in [0.1, 0.15) is 0 Å². The van der Waals surface area contributed by atoms with Crippen LogP contribution in [0.2, 0.25) is 0 Å². The van der Waals surface area contributed by atoms with Crippen molar-refractivity contribution in [3.8, 4) is 6.07 Å². The molecular formula is C7H13ClN2O. The molecule has 64 valence electrons. The molecule has 3 nitrogen and oxygen atoms in total. The van der Waals surface area contributed by atoms with E-state index in [1.165, 1.54) is 0 Å². The maximum absolute atomic E-state index is 8.28. The maximum atomic E-state index is 8.28. The van der Waals surface area contributed by atoms with E-state index < -0.39 is 0 Å². The Morgan fingerprint density at radius 1 is 1.64 bits per heavy atom. The first kappa shape index (κ1) is 10.7. The van der Waals surface area contributed by atoms with Gasteiger partial charge in [0.15, 0.2) is 0 Å². The number of hydrogen-bond donors (Lipinski definition) is 1. The molecule has 0 spiro atoms. The van der Waals surface area contributed by atoms with Gasteiger partial charge in [0.2, 0.25) is 0 Å². The van der Waals surface area contributed by atoms with Gasteiger partial charge in [0.05, 0.1) is 19.3 Å². The van der Waals surface area contributed by atoms with Crippen LogP contribution in [0.15, 0.2) is 0 Å². The predicted octanol–water partition coefficient (Wildman–Crippen LogP) is 0.700. The zero-order valence-corrected chi connectivity index (χ0v) is 7.19. The molecule has 1 heterocycles. The number of rotatable bonds is 2. The average molecular weight is 177 g/mol. The molecule has 11 heavy (non-hydrogen) atoms. The molecule has 0 aromatic rings. The van der Waals surface area contributed by atoms with E-state index in [0.717, 1.165) is 26.2 Å². The lowest BCUT2D eigenvalue weighted by atomic mass is 10.1. The van der Waals surface area contributed by atoms with Gasteiger partial charge in [0.25, 0.3) is 0 Å². The molecule has 1 unspecified atom stereocenters. The van der Waals surface area contributed by atoms with Gasteiger partial charge in [-0.1, -0.05) is 0 Å². The van der Waals surface area contributed by atoms with Crippen LogP contribution in [0, 0.1) is 11.3 Å². The molecule has 1 N–H and O–H groups in total. The van der Waals surface area contributed by atoms with Gasteiger partial charge in [-0.05, 0) is 6.42 Å². The van der Waals surface area contributed by atoms with Gasteiger partial charge < -0.3 is 10.1 Å². The highest BCUT2D eigenvalue weighted by Crippen LogP contribution is 2.00. The summed E-state index contributed by atoms with van der Waals surface area (Å²) < 4.78 is 5.21. The van der Waals surface area contributed by atoms with E-state index in [9.17, 15) is 0 Å². The number of nitrogens with one attached hydrogen (secondary N) is 1. The summed E-state index contributed by atoms with van der Waals surface area (Å²) >= 11 is 0. The molecule has 4 heteroatoms. The van der Waals surface area contributed by atoms with Gasteiger partial charge in [-0.25, -0.2) is 0 Å². The average Bonchev–Trinajstić information content (AvgIpc) is 2.03. The number of ether oxygens (including phenoxy) is 1. The van der Waals surface area contributed by atoms with E-state index in [-0.39, 0.29) is 12.4 Å². The van der Waals surface area contributed by atoms with E-state index in [4.69, 9.17) is 10.00 Å². The van der Waals surface area contributed by atoms with Crippen LogP contribution in [-0.2, 0) is 4.74 Å². The second kappa shape index (κ2) is 6.41. The number of hydrogen-bond acceptors (Lipinski definition) is 3. The molecule has 0 radical (unpaired) electrons. The molecule has 0 aliphatic carbocycles. The Labute approximate surface area is 73.1 Å².